The van der Waals surface area contributed by atoms with E-state index in [1.807, 2.05) is 12.1 Å². The lowest BCUT2D eigenvalue weighted by Crippen LogP contribution is -2.56. The van der Waals surface area contributed by atoms with Crippen LogP contribution in [0.15, 0.2) is 53.4 Å². The monoisotopic (exact) mass is 488 g/mol. The predicted octanol–water partition coefficient (Wildman–Crippen LogP) is 3.92. The first kappa shape index (κ1) is 24.8. The molecule has 4 rings (SSSR count). The van der Waals surface area contributed by atoms with Crippen molar-refractivity contribution in [3.8, 4) is 0 Å². The van der Waals surface area contributed by atoms with Gasteiger partial charge in [0.05, 0.1) is 10.3 Å². The third-order valence-corrected chi connectivity index (χ3v) is 9.29. The Labute approximate surface area is 201 Å². The highest BCUT2D eigenvalue weighted by molar-refractivity contribution is 7.89. The van der Waals surface area contributed by atoms with Gasteiger partial charge in [0.2, 0.25) is 15.9 Å². The molecular weight excluding hydrogens is 455 g/mol. The lowest BCUT2D eigenvalue weighted by atomic mass is 9.73. The second-order valence-electron chi connectivity index (χ2n) is 9.28. The van der Waals surface area contributed by atoms with E-state index in [1.54, 1.807) is 29.2 Å². The highest BCUT2D eigenvalue weighted by Gasteiger charge is 2.45. The highest BCUT2D eigenvalue weighted by Crippen LogP contribution is 2.37. The Balaban J connectivity index is 1.48. The minimum Gasteiger partial charge on any atom is -0.381 e. The normalized spacial score (nSPS) is 20.1. The Kier molecular flexibility index (Phi) is 7.40. The summed E-state index contributed by atoms with van der Waals surface area (Å²) in [5.74, 6) is 0.0108. The Bertz CT molecular complexity index is 1090. The number of carbonyl (C=O) groups excluding carboxylic acids is 1. The zero-order chi connectivity index (χ0) is 24.3. The minimum atomic E-state index is -3.62. The quantitative estimate of drug-likeness (QED) is 0.618. The lowest BCUT2D eigenvalue weighted by molar-refractivity contribution is -0.142. The number of sulfonamides is 1. The summed E-state index contributed by atoms with van der Waals surface area (Å²) in [6.07, 6.45) is 2.05. The van der Waals surface area contributed by atoms with Crippen molar-refractivity contribution in [3.05, 3.63) is 65.5 Å². The first-order valence-corrected chi connectivity index (χ1v) is 13.5. The summed E-state index contributed by atoms with van der Waals surface area (Å²) in [6.45, 7) is 6.30. The summed E-state index contributed by atoms with van der Waals surface area (Å²) in [5.41, 5.74) is 1.15. The smallest absolute Gasteiger partial charge is 0.243 e. The van der Waals surface area contributed by atoms with Gasteiger partial charge in [0.25, 0.3) is 0 Å². The van der Waals surface area contributed by atoms with Crippen molar-refractivity contribution in [1.29, 1.82) is 0 Å². The van der Waals surface area contributed by atoms with Gasteiger partial charge in [-0.2, -0.15) is 4.31 Å². The third kappa shape index (κ3) is 4.76. The number of hydrogen-bond acceptors (Lipinski definition) is 4. The van der Waals surface area contributed by atoms with E-state index in [0.29, 0.717) is 45.1 Å². The van der Waals surface area contributed by atoms with Crippen molar-refractivity contribution in [2.75, 3.05) is 39.4 Å². The SMILES string of the molecule is CCC(C)c1ccc(S(=O)(=O)N2CCN(C(=O)C3(c4ccc(F)cc4)CCOCC3)CC2)cc1. The number of benzene rings is 2. The zero-order valence-corrected chi connectivity index (χ0v) is 20.7. The van der Waals surface area contributed by atoms with E-state index in [0.717, 1.165) is 17.5 Å². The van der Waals surface area contributed by atoms with Crippen LogP contribution in [-0.4, -0.2) is 62.9 Å². The van der Waals surface area contributed by atoms with Crippen LogP contribution in [0, 0.1) is 5.82 Å². The van der Waals surface area contributed by atoms with Gasteiger partial charge >= 0.3 is 0 Å². The Hall–Kier alpha value is -2.29. The van der Waals surface area contributed by atoms with E-state index >= 15 is 0 Å². The van der Waals surface area contributed by atoms with Gasteiger partial charge in [0, 0.05) is 39.4 Å². The fourth-order valence-electron chi connectivity index (χ4n) is 4.90. The molecule has 184 valence electrons. The summed E-state index contributed by atoms with van der Waals surface area (Å²) in [4.78, 5) is 15.8. The molecule has 8 heteroatoms. The van der Waals surface area contributed by atoms with Gasteiger partial charge in [-0.3, -0.25) is 4.79 Å². The molecule has 2 aliphatic rings. The van der Waals surface area contributed by atoms with Crippen LogP contribution in [0.5, 0.6) is 0 Å². The average Bonchev–Trinajstić information content (AvgIpc) is 2.88. The maximum Gasteiger partial charge on any atom is 0.243 e. The summed E-state index contributed by atoms with van der Waals surface area (Å²) in [6, 6.07) is 13.3. The van der Waals surface area contributed by atoms with Crippen LogP contribution in [0.4, 0.5) is 4.39 Å². The molecule has 2 aromatic carbocycles. The van der Waals surface area contributed by atoms with Crippen molar-refractivity contribution in [2.24, 2.45) is 0 Å². The molecule has 2 fully saturated rings. The van der Waals surface area contributed by atoms with Crippen LogP contribution in [-0.2, 0) is 25.0 Å². The van der Waals surface area contributed by atoms with E-state index in [1.165, 1.54) is 16.4 Å². The third-order valence-electron chi connectivity index (χ3n) is 7.38. The molecule has 0 spiro atoms. The molecule has 0 N–H and O–H groups in total. The number of amides is 1. The first-order chi connectivity index (χ1) is 16.3. The molecule has 1 unspecified atom stereocenters. The first-order valence-electron chi connectivity index (χ1n) is 12.0. The number of ether oxygens (including phenoxy) is 1. The van der Waals surface area contributed by atoms with Gasteiger partial charge in [-0.05, 0) is 60.6 Å². The average molecular weight is 489 g/mol. The number of carbonyl (C=O) groups is 1. The van der Waals surface area contributed by atoms with Gasteiger partial charge in [0.1, 0.15) is 5.82 Å². The molecule has 2 heterocycles. The molecule has 2 saturated heterocycles. The zero-order valence-electron chi connectivity index (χ0n) is 19.9. The van der Waals surface area contributed by atoms with E-state index < -0.39 is 15.4 Å². The number of hydrogen-bond donors (Lipinski definition) is 0. The van der Waals surface area contributed by atoms with Crippen molar-refractivity contribution in [3.63, 3.8) is 0 Å². The van der Waals surface area contributed by atoms with Gasteiger partial charge in [-0.15, -0.1) is 0 Å². The summed E-state index contributed by atoms with van der Waals surface area (Å²) >= 11 is 0. The molecular formula is C26H33FN2O4S. The van der Waals surface area contributed by atoms with E-state index in [2.05, 4.69) is 13.8 Å². The van der Waals surface area contributed by atoms with Gasteiger partial charge in [-0.25, -0.2) is 12.8 Å². The van der Waals surface area contributed by atoms with Crippen molar-refractivity contribution < 1.29 is 22.3 Å². The lowest BCUT2D eigenvalue weighted by Gasteiger charge is -2.42. The molecule has 2 aliphatic heterocycles. The molecule has 0 saturated carbocycles. The largest absolute Gasteiger partial charge is 0.381 e. The maximum absolute atomic E-state index is 13.7. The maximum atomic E-state index is 13.7. The second kappa shape index (κ2) is 10.1. The molecule has 1 amide bonds. The highest BCUT2D eigenvalue weighted by atomic mass is 32.2. The van der Waals surface area contributed by atoms with Gasteiger partial charge < -0.3 is 9.64 Å². The van der Waals surface area contributed by atoms with Crippen LogP contribution >= 0.6 is 0 Å². The Morgan fingerprint density at radius 1 is 1.00 bits per heavy atom. The molecule has 34 heavy (non-hydrogen) atoms. The molecule has 0 aromatic heterocycles. The second-order valence-corrected chi connectivity index (χ2v) is 11.2. The number of halogens is 1. The fourth-order valence-corrected chi connectivity index (χ4v) is 6.32. The van der Waals surface area contributed by atoms with E-state index in [-0.39, 0.29) is 29.7 Å². The van der Waals surface area contributed by atoms with Crippen LogP contribution < -0.4 is 0 Å². The minimum absolute atomic E-state index is 0.0302. The van der Waals surface area contributed by atoms with Crippen molar-refractivity contribution in [1.82, 2.24) is 9.21 Å². The number of rotatable bonds is 6. The Morgan fingerprint density at radius 3 is 2.15 bits per heavy atom. The summed E-state index contributed by atoms with van der Waals surface area (Å²) in [5, 5.41) is 0. The molecule has 0 aliphatic carbocycles. The van der Waals surface area contributed by atoms with Crippen LogP contribution in [0.2, 0.25) is 0 Å². The molecule has 2 aromatic rings. The number of piperazine rings is 1. The molecule has 0 radical (unpaired) electrons. The Morgan fingerprint density at radius 2 is 1.59 bits per heavy atom. The van der Waals surface area contributed by atoms with Gasteiger partial charge in [-0.1, -0.05) is 38.1 Å². The van der Waals surface area contributed by atoms with E-state index in [4.69, 9.17) is 4.74 Å². The topological polar surface area (TPSA) is 66.9 Å². The van der Waals surface area contributed by atoms with Crippen molar-refractivity contribution >= 4 is 15.9 Å². The molecule has 0 bridgehead atoms. The predicted molar refractivity (Wildman–Crippen MR) is 129 cm³/mol. The van der Waals surface area contributed by atoms with E-state index in [9.17, 15) is 17.6 Å². The van der Waals surface area contributed by atoms with Crippen LogP contribution in [0.3, 0.4) is 0 Å². The van der Waals surface area contributed by atoms with Crippen LogP contribution in [0.25, 0.3) is 0 Å². The standard InChI is InChI=1S/C26H33FN2O4S/c1-3-20(2)21-4-10-24(11-5-21)34(31,32)29-16-14-28(15-17-29)25(30)26(12-18-33-19-13-26)22-6-8-23(27)9-7-22/h4-11,20H,3,12-19H2,1-2H3. The summed E-state index contributed by atoms with van der Waals surface area (Å²) < 4.78 is 46.9. The molecule has 6 nitrogen and oxygen atoms in total. The fraction of sp³-hybridized carbons (Fsp3) is 0.500. The van der Waals surface area contributed by atoms with Gasteiger partial charge in [0.15, 0.2) is 0 Å². The van der Waals surface area contributed by atoms with Crippen LogP contribution in [0.1, 0.15) is 50.2 Å². The molecule has 1 atom stereocenters. The number of nitrogens with zero attached hydrogens (tertiary/aromatic N) is 2. The summed E-state index contributed by atoms with van der Waals surface area (Å²) in [7, 11) is -3.62. The van der Waals surface area contributed by atoms with Crippen molar-refractivity contribution in [2.45, 2.75) is 49.3 Å².